The van der Waals surface area contributed by atoms with E-state index in [2.05, 4.69) is 48.4 Å². The van der Waals surface area contributed by atoms with Crippen LogP contribution in [0, 0.1) is 12.8 Å². The van der Waals surface area contributed by atoms with Crippen LogP contribution in [0.5, 0.6) is 0 Å². The number of piperidine rings is 1. The van der Waals surface area contributed by atoms with Gasteiger partial charge in [0.25, 0.3) is 0 Å². The third kappa shape index (κ3) is 8.50. The van der Waals surface area contributed by atoms with Gasteiger partial charge in [-0.2, -0.15) is 5.10 Å². The van der Waals surface area contributed by atoms with Crippen molar-refractivity contribution >= 4 is 33.2 Å². The molecule has 46 heavy (non-hydrogen) atoms. The van der Waals surface area contributed by atoms with Crippen LogP contribution in [-0.4, -0.2) is 60.8 Å². The van der Waals surface area contributed by atoms with Crippen molar-refractivity contribution in [2.24, 2.45) is 5.92 Å². The highest BCUT2D eigenvalue weighted by Gasteiger charge is 2.23. The molecular weight excluding hydrogens is 598 g/mol. The number of Topliss-reactive ketones (excluding diaryl/α,β-unsaturated/α-hetero) is 1. The molecule has 0 aliphatic carbocycles. The number of carbonyl (C=O) groups excluding carboxylic acids is 2. The van der Waals surface area contributed by atoms with Gasteiger partial charge in [0.15, 0.2) is 15.6 Å². The van der Waals surface area contributed by atoms with Gasteiger partial charge in [-0.05, 0) is 87.2 Å². The Labute approximate surface area is 271 Å². The number of sulfone groups is 1. The number of anilines is 2. The highest BCUT2D eigenvalue weighted by Crippen LogP contribution is 2.27. The minimum atomic E-state index is -3.29. The molecule has 2 N–H and O–H groups in total. The number of ketones is 1. The monoisotopic (exact) mass is 641 g/mol. The second kappa shape index (κ2) is 13.6. The van der Waals surface area contributed by atoms with Gasteiger partial charge in [-0.3, -0.25) is 15.0 Å². The molecule has 1 aromatic heterocycles. The average Bonchev–Trinajstić information content (AvgIpc) is 3.43. The maximum absolute atomic E-state index is 13.0. The Bertz CT molecular complexity index is 1780. The number of urea groups is 1. The fourth-order valence-corrected chi connectivity index (χ4v) is 6.22. The van der Waals surface area contributed by atoms with Crippen molar-refractivity contribution in [1.29, 1.82) is 0 Å². The third-order valence-electron chi connectivity index (χ3n) is 8.41. The molecule has 0 bridgehead atoms. The lowest BCUT2D eigenvalue weighted by molar-refractivity contribution is 0.0895. The van der Waals surface area contributed by atoms with Crippen molar-refractivity contribution in [3.63, 3.8) is 0 Å². The standard InChI is InChI=1S/C36H43N5O4S/c1-25-6-14-30(15-7-25)41-34(23-33(39-41)36(2,3)4)38-35(43)37-29-12-8-26(9-13-29)22-27-18-20-40(21-19-27)24-32(42)28-10-16-31(17-11-28)46(5,44)45/h6-17,23,27H,18-22,24H2,1-5H3,(H2,37,38,43). The molecule has 2 heterocycles. The van der Waals surface area contributed by atoms with Gasteiger partial charge in [-0.25, -0.2) is 17.9 Å². The van der Waals surface area contributed by atoms with Gasteiger partial charge >= 0.3 is 6.03 Å². The summed E-state index contributed by atoms with van der Waals surface area (Å²) in [6.45, 7) is 10.3. The minimum absolute atomic E-state index is 0.000116. The first-order valence-electron chi connectivity index (χ1n) is 15.6. The fraction of sp³-hybridized carbons (Fsp3) is 0.361. The smallest absolute Gasteiger partial charge is 0.308 e. The Balaban J connectivity index is 1.12. The van der Waals surface area contributed by atoms with Gasteiger partial charge in [0.05, 0.1) is 22.8 Å². The van der Waals surface area contributed by atoms with Crippen LogP contribution < -0.4 is 10.6 Å². The molecule has 0 saturated carbocycles. The minimum Gasteiger partial charge on any atom is -0.308 e. The number of hydrogen-bond donors (Lipinski definition) is 2. The maximum Gasteiger partial charge on any atom is 0.324 e. The molecule has 0 radical (unpaired) electrons. The van der Waals surface area contributed by atoms with E-state index in [4.69, 9.17) is 5.10 Å². The van der Waals surface area contributed by atoms with Crippen LogP contribution in [0.15, 0.2) is 83.8 Å². The summed E-state index contributed by atoms with van der Waals surface area (Å²) in [6.07, 6.45) is 4.08. The summed E-state index contributed by atoms with van der Waals surface area (Å²) in [4.78, 5) is 28.2. The van der Waals surface area contributed by atoms with E-state index in [0.717, 1.165) is 55.6 Å². The number of amides is 2. The Kier molecular flexibility index (Phi) is 9.79. The Morgan fingerprint density at radius 3 is 2.11 bits per heavy atom. The topological polar surface area (TPSA) is 113 Å². The second-order valence-electron chi connectivity index (χ2n) is 13.3. The summed E-state index contributed by atoms with van der Waals surface area (Å²) in [5, 5.41) is 10.7. The summed E-state index contributed by atoms with van der Waals surface area (Å²) >= 11 is 0. The first kappa shape index (κ1) is 33.1. The Morgan fingerprint density at radius 1 is 0.891 bits per heavy atom. The van der Waals surface area contributed by atoms with Crippen molar-refractivity contribution < 1.29 is 18.0 Å². The lowest BCUT2D eigenvalue weighted by Crippen LogP contribution is -2.37. The van der Waals surface area contributed by atoms with E-state index in [-0.39, 0.29) is 22.1 Å². The maximum atomic E-state index is 13.0. The van der Waals surface area contributed by atoms with E-state index >= 15 is 0 Å². The van der Waals surface area contributed by atoms with E-state index in [1.165, 1.54) is 17.7 Å². The van der Waals surface area contributed by atoms with Gasteiger partial charge in [0.2, 0.25) is 0 Å². The van der Waals surface area contributed by atoms with Gasteiger partial charge in [-0.15, -0.1) is 0 Å². The predicted molar refractivity (Wildman–Crippen MR) is 183 cm³/mol. The third-order valence-corrected chi connectivity index (χ3v) is 9.54. The van der Waals surface area contributed by atoms with Crippen molar-refractivity contribution in [2.45, 2.75) is 57.3 Å². The number of aryl methyl sites for hydroxylation is 1. The molecule has 242 valence electrons. The quantitative estimate of drug-likeness (QED) is 0.198. The van der Waals surface area contributed by atoms with Crippen LogP contribution in [0.2, 0.25) is 0 Å². The van der Waals surface area contributed by atoms with E-state index in [1.54, 1.807) is 16.8 Å². The number of hydrogen-bond acceptors (Lipinski definition) is 6. The molecule has 1 aliphatic heterocycles. The number of aromatic nitrogens is 2. The molecule has 0 spiro atoms. The summed E-state index contributed by atoms with van der Waals surface area (Å²) in [7, 11) is -3.29. The molecule has 1 fully saturated rings. The predicted octanol–water partition coefficient (Wildman–Crippen LogP) is 6.66. The van der Waals surface area contributed by atoms with Gasteiger partial charge < -0.3 is 5.32 Å². The largest absolute Gasteiger partial charge is 0.324 e. The molecule has 4 aromatic rings. The molecule has 5 rings (SSSR count). The average molecular weight is 642 g/mol. The van der Waals surface area contributed by atoms with Gasteiger partial charge in [-0.1, -0.05) is 62.7 Å². The van der Waals surface area contributed by atoms with E-state index in [0.29, 0.717) is 29.5 Å². The van der Waals surface area contributed by atoms with Crippen LogP contribution in [0.25, 0.3) is 5.69 Å². The van der Waals surface area contributed by atoms with Crippen LogP contribution >= 0.6 is 0 Å². The Hall–Kier alpha value is -4.28. The van der Waals surface area contributed by atoms with E-state index in [9.17, 15) is 18.0 Å². The number of nitrogens with zero attached hydrogens (tertiary/aromatic N) is 3. The highest BCUT2D eigenvalue weighted by atomic mass is 32.2. The van der Waals surface area contributed by atoms with Crippen LogP contribution in [0.1, 0.15) is 60.8 Å². The van der Waals surface area contributed by atoms with Crippen LogP contribution in [-0.2, 0) is 21.7 Å². The fourth-order valence-electron chi connectivity index (χ4n) is 5.59. The number of nitrogens with one attached hydrogen (secondary N) is 2. The van der Waals surface area contributed by atoms with Crippen LogP contribution in [0.3, 0.4) is 0 Å². The molecule has 9 nitrogen and oxygen atoms in total. The summed E-state index contributed by atoms with van der Waals surface area (Å²) in [5.74, 6) is 1.11. The highest BCUT2D eigenvalue weighted by molar-refractivity contribution is 7.90. The van der Waals surface area contributed by atoms with Crippen molar-refractivity contribution in [2.75, 3.05) is 36.5 Å². The lowest BCUT2D eigenvalue weighted by atomic mass is 9.90. The van der Waals surface area contributed by atoms with E-state index < -0.39 is 9.84 Å². The molecule has 1 saturated heterocycles. The number of carbonyl (C=O) groups is 2. The normalized spacial score (nSPS) is 14.6. The first-order chi connectivity index (χ1) is 21.7. The second-order valence-corrected chi connectivity index (χ2v) is 15.3. The zero-order valence-electron chi connectivity index (χ0n) is 27.2. The SMILES string of the molecule is Cc1ccc(-n2nc(C(C)(C)C)cc2NC(=O)Nc2ccc(CC3CCN(CC(=O)c4ccc(S(C)(=O)=O)cc4)CC3)cc2)cc1. The Morgan fingerprint density at radius 2 is 1.52 bits per heavy atom. The molecular formula is C36H43N5O4S. The van der Waals surface area contributed by atoms with Crippen LogP contribution in [0.4, 0.5) is 16.3 Å². The van der Waals surface area contributed by atoms with Crippen molar-refractivity contribution in [1.82, 2.24) is 14.7 Å². The van der Waals surface area contributed by atoms with Crippen molar-refractivity contribution in [3.8, 4) is 5.69 Å². The molecule has 1 aliphatic rings. The number of rotatable bonds is 9. The number of benzene rings is 3. The first-order valence-corrected chi connectivity index (χ1v) is 17.5. The zero-order valence-corrected chi connectivity index (χ0v) is 28.0. The lowest BCUT2D eigenvalue weighted by Gasteiger charge is -2.31. The molecule has 10 heteroatoms. The summed E-state index contributed by atoms with van der Waals surface area (Å²) < 4.78 is 25.1. The zero-order chi connectivity index (χ0) is 33.1. The molecule has 0 atom stereocenters. The van der Waals surface area contributed by atoms with Gasteiger partial charge in [0, 0.05) is 29.0 Å². The summed E-state index contributed by atoms with van der Waals surface area (Å²) in [5.41, 5.74) is 5.17. The molecule has 0 unspecified atom stereocenters. The van der Waals surface area contributed by atoms with Crippen molar-refractivity contribution in [3.05, 3.63) is 101 Å². The van der Waals surface area contributed by atoms with E-state index in [1.807, 2.05) is 49.4 Å². The molecule has 3 aromatic carbocycles. The number of likely N-dealkylation sites (tertiary alicyclic amines) is 1. The molecule has 2 amide bonds. The summed E-state index contributed by atoms with van der Waals surface area (Å²) in [6, 6.07) is 23.7. The van der Waals surface area contributed by atoms with Gasteiger partial charge in [0.1, 0.15) is 5.82 Å².